The Balaban J connectivity index is 3.46. The summed E-state index contributed by atoms with van der Waals surface area (Å²) in [5.41, 5.74) is 0.356. The summed E-state index contributed by atoms with van der Waals surface area (Å²) in [6.45, 7) is 0. The SMILES string of the molecule is COc1cc(S(C)(=O)=O)c(OC)cc1CC(=O)O. The minimum Gasteiger partial charge on any atom is -0.496 e. The maximum Gasteiger partial charge on any atom is 0.307 e. The van der Waals surface area contributed by atoms with Gasteiger partial charge in [0.05, 0.1) is 20.6 Å². The summed E-state index contributed by atoms with van der Waals surface area (Å²) in [5, 5.41) is 8.77. The minimum atomic E-state index is -3.48. The average Bonchev–Trinajstić information content (AvgIpc) is 2.26. The first kappa shape index (κ1) is 14.3. The van der Waals surface area contributed by atoms with E-state index in [1.165, 1.54) is 26.4 Å². The highest BCUT2D eigenvalue weighted by atomic mass is 32.2. The summed E-state index contributed by atoms with van der Waals surface area (Å²) in [4.78, 5) is 10.7. The molecule has 0 spiro atoms. The Bertz CT molecular complexity index is 561. The molecule has 0 aliphatic carbocycles. The fourth-order valence-corrected chi connectivity index (χ4v) is 2.35. The largest absolute Gasteiger partial charge is 0.496 e. The first-order valence-corrected chi connectivity index (χ1v) is 6.85. The van der Waals surface area contributed by atoms with E-state index >= 15 is 0 Å². The van der Waals surface area contributed by atoms with Crippen LogP contribution >= 0.6 is 0 Å². The quantitative estimate of drug-likeness (QED) is 0.851. The Kier molecular flexibility index (Phi) is 4.18. The standard InChI is InChI=1S/C11H14O6S/c1-16-8-6-10(18(3,14)15)9(17-2)4-7(8)5-11(12)13/h4,6H,5H2,1-3H3,(H,12,13). The molecule has 0 amide bonds. The van der Waals surface area contributed by atoms with Crippen LogP contribution in [0.15, 0.2) is 17.0 Å². The molecular formula is C11H14O6S. The van der Waals surface area contributed by atoms with Gasteiger partial charge in [-0.1, -0.05) is 0 Å². The van der Waals surface area contributed by atoms with Crippen LogP contribution in [0.25, 0.3) is 0 Å². The molecule has 0 atom stereocenters. The zero-order valence-electron chi connectivity index (χ0n) is 10.3. The predicted octanol–water partition coefficient (Wildman–Crippen LogP) is 0.734. The van der Waals surface area contributed by atoms with E-state index in [2.05, 4.69) is 0 Å². The molecule has 0 fully saturated rings. The van der Waals surface area contributed by atoms with E-state index < -0.39 is 15.8 Å². The van der Waals surface area contributed by atoms with Crippen LogP contribution in [0.4, 0.5) is 0 Å². The average molecular weight is 274 g/mol. The van der Waals surface area contributed by atoms with E-state index in [1.807, 2.05) is 0 Å². The first-order valence-electron chi connectivity index (χ1n) is 4.96. The number of carboxylic acids is 1. The third-order valence-electron chi connectivity index (χ3n) is 2.31. The molecule has 0 heterocycles. The molecule has 6 nitrogen and oxygen atoms in total. The molecule has 100 valence electrons. The van der Waals surface area contributed by atoms with Crippen LogP contribution in [-0.4, -0.2) is 40.0 Å². The summed E-state index contributed by atoms with van der Waals surface area (Å²) < 4.78 is 33.1. The summed E-state index contributed by atoms with van der Waals surface area (Å²) in [5.74, 6) is -0.726. The summed E-state index contributed by atoms with van der Waals surface area (Å²) >= 11 is 0. The number of rotatable bonds is 5. The van der Waals surface area contributed by atoms with Crippen LogP contribution in [0, 0.1) is 0 Å². The Morgan fingerprint density at radius 2 is 1.78 bits per heavy atom. The number of methoxy groups -OCH3 is 2. The Morgan fingerprint density at radius 1 is 1.22 bits per heavy atom. The Labute approximate surface area is 105 Å². The molecule has 1 N–H and O–H groups in total. The second-order valence-corrected chi connectivity index (χ2v) is 5.64. The molecule has 0 saturated heterocycles. The van der Waals surface area contributed by atoms with Gasteiger partial charge in [-0.15, -0.1) is 0 Å². The van der Waals surface area contributed by atoms with Crippen molar-refractivity contribution < 1.29 is 27.8 Å². The molecule has 0 bridgehead atoms. The smallest absolute Gasteiger partial charge is 0.307 e. The van der Waals surface area contributed by atoms with Crippen molar-refractivity contribution in [3.05, 3.63) is 17.7 Å². The zero-order chi connectivity index (χ0) is 13.9. The van der Waals surface area contributed by atoms with E-state index in [0.29, 0.717) is 5.56 Å². The number of carbonyl (C=O) groups is 1. The number of aliphatic carboxylic acids is 1. The molecule has 0 saturated carbocycles. The molecule has 0 aromatic heterocycles. The van der Waals surface area contributed by atoms with Gasteiger partial charge in [0.25, 0.3) is 0 Å². The summed E-state index contributed by atoms with van der Waals surface area (Å²) in [7, 11) is -0.809. The van der Waals surface area contributed by atoms with Crippen LogP contribution in [0.3, 0.4) is 0 Å². The molecule has 1 aromatic carbocycles. The van der Waals surface area contributed by atoms with E-state index in [4.69, 9.17) is 14.6 Å². The van der Waals surface area contributed by atoms with Crippen LogP contribution in [-0.2, 0) is 21.1 Å². The van der Waals surface area contributed by atoms with Gasteiger partial charge < -0.3 is 14.6 Å². The lowest BCUT2D eigenvalue weighted by Crippen LogP contribution is -2.06. The second kappa shape index (κ2) is 5.26. The highest BCUT2D eigenvalue weighted by molar-refractivity contribution is 7.90. The normalized spacial score (nSPS) is 11.1. The van der Waals surface area contributed by atoms with Crippen molar-refractivity contribution in [1.29, 1.82) is 0 Å². The summed E-state index contributed by atoms with van der Waals surface area (Å²) in [6, 6.07) is 2.63. The third-order valence-corrected chi connectivity index (χ3v) is 3.43. The van der Waals surface area contributed by atoms with Gasteiger partial charge in [-0.2, -0.15) is 0 Å². The fourth-order valence-electron chi connectivity index (χ4n) is 1.52. The van der Waals surface area contributed by atoms with E-state index in [-0.39, 0.29) is 22.8 Å². The van der Waals surface area contributed by atoms with Gasteiger partial charge in [-0.3, -0.25) is 4.79 Å². The van der Waals surface area contributed by atoms with E-state index in [0.717, 1.165) is 6.26 Å². The predicted molar refractivity (Wildman–Crippen MR) is 64.0 cm³/mol. The maximum absolute atomic E-state index is 11.6. The highest BCUT2D eigenvalue weighted by Crippen LogP contribution is 2.32. The Morgan fingerprint density at radius 3 is 2.17 bits per heavy atom. The number of carboxylic acid groups (broad SMARTS) is 1. The molecule has 0 radical (unpaired) electrons. The van der Waals surface area contributed by atoms with Crippen molar-refractivity contribution >= 4 is 15.8 Å². The van der Waals surface area contributed by atoms with Gasteiger partial charge in [-0.25, -0.2) is 8.42 Å². The topological polar surface area (TPSA) is 89.9 Å². The van der Waals surface area contributed by atoms with Crippen molar-refractivity contribution in [2.45, 2.75) is 11.3 Å². The van der Waals surface area contributed by atoms with Crippen molar-refractivity contribution in [2.75, 3.05) is 20.5 Å². The lowest BCUT2D eigenvalue weighted by Gasteiger charge is -2.12. The van der Waals surface area contributed by atoms with Crippen LogP contribution in [0.5, 0.6) is 11.5 Å². The monoisotopic (exact) mass is 274 g/mol. The molecule has 7 heteroatoms. The fraction of sp³-hybridized carbons (Fsp3) is 0.364. The first-order chi connectivity index (χ1) is 8.29. The van der Waals surface area contributed by atoms with Crippen LogP contribution in [0.2, 0.25) is 0 Å². The number of hydrogen-bond acceptors (Lipinski definition) is 5. The number of sulfone groups is 1. The summed E-state index contributed by atoms with van der Waals surface area (Å²) in [6.07, 6.45) is 0.769. The van der Waals surface area contributed by atoms with Gasteiger partial charge >= 0.3 is 5.97 Å². The van der Waals surface area contributed by atoms with Crippen LogP contribution < -0.4 is 9.47 Å². The van der Waals surface area contributed by atoms with Gasteiger partial charge in [0.15, 0.2) is 9.84 Å². The molecule has 0 aliphatic rings. The molecule has 18 heavy (non-hydrogen) atoms. The second-order valence-electron chi connectivity index (χ2n) is 3.66. The van der Waals surface area contributed by atoms with Gasteiger partial charge in [0.2, 0.25) is 0 Å². The van der Waals surface area contributed by atoms with E-state index in [9.17, 15) is 13.2 Å². The molecule has 0 unspecified atom stereocenters. The lowest BCUT2D eigenvalue weighted by atomic mass is 10.1. The molecule has 0 aliphatic heterocycles. The van der Waals surface area contributed by atoms with Crippen molar-refractivity contribution in [3.63, 3.8) is 0 Å². The number of benzene rings is 1. The van der Waals surface area contributed by atoms with Crippen LogP contribution in [0.1, 0.15) is 5.56 Å². The molecule has 1 aromatic rings. The van der Waals surface area contributed by atoms with E-state index in [1.54, 1.807) is 0 Å². The molecule has 1 rings (SSSR count). The number of hydrogen-bond donors (Lipinski definition) is 1. The molecular weight excluding hydrogens is 260 g/mol. The highest BCUT2D eigenvalue weighted by Gasteiger charge is 2.19. The van der Waals surface area contributed by atoms with Gasteiger partial charge in [-0.05, 0) is 6.07 Å². The zero-order valence-corrected chi connectivity index (χ0v) is 11.1. The Hall–Kier alpha value is -1.76. The van der Waals surface area contributed by atoms with Crippen molar-refractivity contribution in [1.82, 2.24) is 0 Å². The number of ether oxygens (including phenoxy) is 2. The van der Waals surface area contributed by atoms with Gasteiger partial charge in [0.1, 0.15) is 16.4 Å². The maximum atomic E-state index is 11.6. The minimum absolute atomic E-state index is 0.0315. The van der Waals surface area contributed by atoms with Gasteiger partial charge in [0, 0.05) is 17.9 Å². The van der Waals surface area contributed by atoms with Crippen molar-refractivity contribution in [2.24, 2.45) is 0 Å². The van der Waals surface area contributed by atoms with Crippen molar-refractivity contribution in [3.8, 4) is 11.5 Å². The lowest BCUT2D eigenvalue weighted by molar-refractivity contribution is -0.136. The third kappa shape index (κ3) is 3.13.